The molecule has 1 heterocycles. The zero-order valence-corrected chi connectivity index (χ0v) is 11.9. The molecule has 1 aliphatic heterocycles. The van der Waals surface area contributed by atoms with Gasteiger partial charge in [-0.05, 0) is 35.9 Å². The first-order valence-electron chi connectivity index (χ1n) is 6.48. The zero-order chi connectivity index (χ0) is 13.4. The van der Waals surface area contributed by atoms with Gasteiger partial charge in [0.2, 0.25) is 0 Å². The largest absolute Gasteiger partial charge is 0.497 e. The van der Waals surface area contributed by atoms with E-state index in [4.69, 9.17) is 4.74 Å². The summed E-state index contributed by atoms with van der Waals surface area (Å²) in [5.74, 6) is 1.30. The van der Waals surface area contributed by atoms with Crippen LogP contribution in [-0.4, -0.2) is 12.9 Å². The Hall–Kier alpha value is -1.48. The third kappa shape index (κ3) is 2.12. The van der Waals surface area contributed by atoms with E-state index in [9.17, 15) is 4.79 Å². The van der Waals surface area contributed by atoms with Gasteiger partial charge in [-0.3, -0.25) is 4.79 Å². The summed E-state index contributed by atoms with van der Waals surface area (Å²) in [5, 5.41) is 2.08. The highest BCUT2D eigenvalue weighted by atomic mass is 32.2. The van der Waals surface area contributed by atoms with Gasteiger partial charge in [0, 0.05) is 22.0 Å². The van der Waals surface area contributed by atoms with Crippen LogP contribution in [0.2, 0.25) is 0 Å². The maximum atomic E-state index is 12.7. The summed E-state index contributed by atoms with van der Waals surface area (Å²) in [5.41, 5.74) is 2.94. The van der Waals surface area contributed by atoms with Crippen LogP contribution in [0.4, 0.5) is 0 Å². The lowest BCUT2D eigenvalue weighted by Gasteiger charge is -2.21. The molecule has 1 unspecified atom stereocenters. The van der Waals surface area contributed by atoms with Crippen molar-refractivity contribution < 1.29 is 9.53 Å². The molecule has 0 fully saturated rings. The summed E-state index contributed by atoms with van der Waals surface area (Å²) in [4.78, 5) is 13.9. The van der Waals surface area contributed by atoms with Gasteiger partial charge in [0.15, 0.2) is 5.78 Å². The first-order valence-corrected chi connectivity index (χ1v) is 7.36. The van der Waals surface area contributed by atoms with Gasteiger partial charge in [-0.15, -0.1) is 11.8 Å². The first-order chi connectivity index (χ1) is 9.20. The number of hydrogen-bond acceptors (Lipinski definition) is 3. The molecule has 1 aromatic carbocycles. The van der Waals surface area contributed by atoms with Crippen LogP contribution in [0.15, 0.2) is 40.2 Å². The van der Waals surface area contributed by atoms with Gasteiger partial charge < -0.3 is 4.74 Å². The molecule has 1 aromatic rings. The number of aryl methyl sites for hydroxylation is 1. The van der Waals surface area contributed by atoms with Crippen molar-refractivity contribution in [1.29, 1.82) is 0 Å². The SMILES string of the molecule is COc1ccc2c(c1)C(=O)C(=C1SC=CC1C)CC2. The lowest BCUT2D eigenvalue weighted by molar-refractivity contribution is 0.102. The Balaban J connectivity index is 2.04. The van der Waals surface area contributed by atoms with Crippen LogP contribution in [-0.2, 0) is 6.42 Å². The van der Waals surface area contributed by atoms with Crippen LogP contribution in [0, 0.1) is 5.92 Å². The Morgan fingerprint density at radius 2 is 2.16 bits per heavy atom. The summed E-state index contributed by atoms with van der Waals surface area (Å²) in [6.45, 7) is 2.15. The van der Waals surface area contributed by atoms with E-state index in [-0.39, 0.29) is 5.78 Å². The number of fused-ring (bicyclic) bond motifs is 1. The number of rotatable bonds is 1. The Bertz CT molecular complexity index is 599. The fourth-order valence-corrected chi connectivity index (χ4v) is 3.74. The number of allylic oxidation sites excluding steroid dienone is 3. The fraction of sp³-hybridized carbons (Fsp3) is 0.312. The number of carbonyl (C=O) groups excluding carboxylic acids is 1. The molecule has 0 amide bonds. The number of benzene rings is 1. The van der Waals surface area contributed by atoms with E-state index in [1.54, 1.807) is 18.9 Å². The topological polar surface area (TPSA) is 26.3 Å². The van der Waals surface area contributed by atoms with Gasteiger partial charge in [-0.25, -0.2) is 0 Å². The van der Waals surface area contributed by atoms with Crippen LogP contribution in [0.3, 0.4) is 0 Å². The van der Waals surface area contributed by atoms with Crippen molar-refractivity contribution in [3.8, 4) is 5.75 Å². The Labute approximate surface area is 117 Å². The van der Waals surface area contributed by atoms with Gasteiger partial charge in [-0.1, -0.05) is 19.1 Å². The quantitative estimate of drug-likeness (QED) is 0.723. The molecule has 2 aliphatic rings. The summed E-state index contributed by atoms with van der Waals surface area (Å²) < 4.78 is 5.22. The van der Waals surface area contributed by atoms with E-state index < -0.39 is 0 Å². The number of ketones is 1. The van der Waals surface area contributed by atoms with Gasteiger partial charge in [-0.2, -0.15) is 0 Å². The van der Waals surface area contributed by atoms with Crippen LogP contribution in [0.5, 0.6) is 5.75 Å². The Morgan fingerprint density at radius 1 is 1.32 bits per heavy atom. The molecule has 0 bridgehead atoms. The molecule has 1 atom stereocenters. The second-order valence-electron chi connectivity index (χ2n) is 4.93. The predicted octanol–water partition coefficient (Wildman–Crippen LogP) is 3.97. The number of thioether (sulfide) groups is 1. The maximum absolute atomic E-state index is 12.7. The molecule has 0 spiro atoms. The molecule has 98 valence electrons. The maximum Gasteiger partial charge on any atom is 0.190 e. The van der Waals surface area contributed by atoms with E-state index in [0.29, 0.717) is 5.92 Å². The molecule has 2 nitrogen and oxygen atoms in total. The zero-order valence-electron chi connectivity index (χ0n) is 11.1. The summed E-state index contributed by atoms with van der Waals surface area (Å²) in [6.07, 6.45) is 3.95. The minimum Gasteiger partial charge on any atom is -0.497 e. The fourth-order valence-electron chi connectivity index (χ4n) is 2.65. The molecule has 3 rings (SSSR count). The summed E-state index contributed by atoms with van der Waals surface area (Å²) in [6, 6.07) is 5.81. The van der Waals surface area contributed by atoms with E-state index >= 15 is 0 Å². The molecule has 19 heavy (non-hydrogen) atoms. The van der Waals surface area contributed by atoms with Crippen molar-refractivity contribution in [3.05, 3.63) is 51.3 Å². The molecule has 1 aliphatic carbocycles. The minimum absolute atomic E-state index is 0.179. The van der Waals surface area contributed by atoms with E-state index in [1.165, 1.54) is 4.91 Å². The second-order valence-corrected chi connectivity index (χ2v) is 5.88. The van der Waals surface area contributed by atoms with Crippen molar-refractivity contribution in [3.63, 3.8) is 0 Å². The standard InChI is InChI=1S/C16H16O2S/c1-10-7-8-19-16(10)13-6-4-11-3-5-12(18-2)9-14(11)15(13)17/h3,5,7-10H,4,6H2,1-2H3. The van der Waals surface area contributed by atoms with Crippen molar-refractivity contribution in [2.24, 2.45) is 5.92 Å². The highest BCUT2D eigenvalue weighted by Gasteiger charge is 2.27. The molecule has 0 saturated heterocycles. The molecule has 3 heteroatoms. The van der Waals surface area contributed by atoms with Crippen LogP contribution >= 0.6 is 11.8 Å². The van der Waals surface area contributed by atoms with Crippen molar-refractivity contribution >= 4 is 17.5 Å². The molecule has 0 aromatic heterocycles. The van der Waals surface area contributed by atoms with Crippen molar-refractivity contribution in [1.82, 2.24) is 0 Å². The number of hydrogen-bond donors (Lipinski definition) is 0. The monoisotopic (exact) mass is 272 g/mol. The number of methoxy groups -OCH3 is 1. The predicted molar refractivity (Wildman–Crippen MR) is 78.6 cm³/mol. The lowest BCUT2D eigenvalue weighted by Crippen LogP contribution is -2.16. The van der Waals surface area contributed by atoms with Crippen LogP contribution < -0.4 is 4.74 Å². The van der Waals surface area contributed by atoms with E-state index in [1.807, 2.05) is 18.2 Å². The molecule has 0 saturated carbocycles. The van der Waals surface area contributed by atoms with Gasteiger partial charge >= 0.3 is 0 Å². The van der Waals surface area contributed by atoms with E-state index in [0.717, 1.165) is 35.3 Å². The van der Waals surface area contributed by atoms with Gasteiger partial charge in [0.05, 0.1) is 7.11 Å². The van der Waals surface area contributed by atoms with Crippen LogP contribution in [0.25, 0.3) is 0 Å². The third-order valence-corrected chi connectivity index (χ3v) is 4.92. The van der Waals surface area contributed by atoms with Crippen molar-refractivity contribution in [2.45, 2.75) is 19.8 Å². The summed E-state index contributed by atoms with van der Waals surface area (Å²) in [7, 11) is 1.63. The van der Waals surface area contributed by atoms with Gasteiger partial charge in [0.1, 0.15) is 5.75 Å². The third-order valence-electron chi connectivity index (χ3n) is 3.75. The highest BCUT2D eigenvalue weighted by molar-refractivity contribution is 8.06. The Kier molecular flexibility index (Phi) is 3.23. The molecule has 0 radical (unpaired) electrons. The molecular weight excluding hydrogens is 256 g/mol. The lowest BCUT2D eigenvalue weighted by atomic mass is 9.85. The smallest absolute Gasteiger partial charge is 0.190 e. The minimum atomic E-state index is 0.179. The normalized spacial score (nSPS) is 25.6. The van der Waals surface area contributed by atoms with E-state index in [2.05, 4.69) is 18.4 Å². The average Bonchev–Trinajstić information content (AvgIpc) is 2.85. The Morgan fingerprint density at radius 3 is 2.84 bits per heavy atom. The second kappa shape index (κ2) is 4.89. The van der Waals surface area contributed by atoms with Crippen LogP contribution in [0.1, 0.15) is 29.3 Å². The molecular formula is C16H16O2S. The number of ether oxygens (including phenoxy) is 1. The number of carbonyl (C=O) groups is 1. The highest BCUT2D eigenvalue weighted by Crippen LogP contribution is 2.40. The first kappa shape index (κ1) is 12.5. The van der Waals surface area contributed by atoms with Crippen molar-refractivity contribution in [2.75, 3.05) is 7.11 Å². The molecule has 0 N–H and O–H groups in total. The summed E-state index contributed by atoms with van der Waals surface area (Å²) >= 11 is 1.69. The average molecular weight is 272 g/mol. The number of Topliss-reactive ketones (excluding diaryl/α,β-unsaturated/α-hetero) is 1. The van der Waals surface area contributed by atoms with Gasteiger partial charge in [0.25, 0.3) is 0 Å².